The van der Waals surface area contributed by atoms with Crippen LogP contribution < -0.4 is 10.1 Å². The minimum Gasteiger partial charge on any atom is -0.497 e. The molecule has 160 valence electrons. The van der Waals surface area contributed by atoms with Gasteiger partial charge in [0.05, 0.1) is 7.11 Å². The summed E-state index contributed by atoms with van der Waals surface area (Å²) in [5.41, 5.74) is 1.10. The Morgan fingerprint density at radius 1 is 0.966 bits per heavy atom. The Bertz CT molecular complexity index is 748. The first kappa shape index (κ1) is 20.6. The van der Waals surface area contributed by atoms with E-state index in [0.29, 0.717) is 13.0 Å². The zero-order chi connectivity index (χ0) is 20.8. The number of hydrogen-bond acceptors (Lipinski definition) is 7. The highest BCUT2D eigenvalue weighted by molar-refractivity contribution is 5.81. The van der Waals surface area contributed by atoms with Crippen molar-refractivity contribution in [1.29, 1.82) is 0 Å². The molecule has 1 N–H and O–H groups in total. The molecule has 5 atom stereocenters. The van der Waals surface area contributed by atoms with Gasteiger partial charge in [0, 0.05) is 6.54 Å². The molecule has 8 heteroatoms. The molecule has 0 aliphatic carbocycles. The van der Waals surface area contributed by atoms with Crippen molar-refractivity contribution in [3.63, 3.8) is 0 Å². The fraction of sp³-hybridized carbons (Fsp3) is 0.667. The quantitative estimate of drug-likeness (QED) is 0.796. The Morgan fingerprint density at radius 2 is 1.59 bits per heavy atom. The Hall–Kier alpha value is -1.71. The van der Waals surface area contributed by atoms with Crippen LogP contribution in [0.15, 0.2) is 24.3 Å². The van der Waals surface area contributed by atoms with E-state index in [0.717, 1.165) is 11.3 Å². The van der Waals surface area contributed by atoms with Gasteiger partial charge in [-0.05, 0) is 51.8 Å². The summed E-state index contributed by atoms with van der Waals surface area (Å²) >= 11 is 0. The standard InChI is InChI=1S/C21H29NO7/c1-20(2)26-14-15(27-20)17-19(29-21(3,4)28-17)25-16(14)18(23)22-11-10-12-6-8-13(24-5)9-7-12/h6-9,14-17,19H,10-11H2,1-5H3,(H,22,23)/t14-,15+,16+,17+,19+/m0/s1. The van der Waals surface area contributed by atoms with Gasteiger partial charge in [-0.3, -0.25) is 4.79 Å². The van der Waals surface area contributed by atoms with Crippen LogP contribution in [0.5, 0.6) is 5.75 Å². The third-order valence-corrected chi connectivity index (χ3v) is 5.29. The average Bonchev–Trinajstić information content (AvgIpc) is 3.15. The number of methoxy groups -OCH3 is 1. The maximum absolute atomic E-state index is 12.9. The highest BCUT2D eigenvalue weighted by Crippen LogP contribution is 2.44. The average molecular weight is 407 g/mol. The van der Waals surface area contributed by atoms with E-state index in [-0.39, 0.29) is 5.91 Å². The second kappa shape index (κ2) is 7.52. The number of nitrogens with one attached hydrogen (secondary N) is 1. The van der Waals surface area contributed by atoms with Crippen LogP contribution in [0, 0.1) is 0 Å². The van der Waals surface area contributed by atoms with Gasteiger partial charge in [0.25, 0.3) is 5.91 Å². The highest BCUT2D eigenvalue weighted by atomic mass is 16.9. The number of fused-ring (bicyclic) bond motifs is 3. The first-order valence-corrected chi connectivity index (χ1v) is 9.95. The van der Waals surface area contributed by atoms with E-state index in [2.05, 4.69) is 5.32 Å². The van der Waals surface area contributed by atoms with E-state index < -0.39 is 42.3 Å². The van der Waals surface area contributed by atoms with Gasteiger partial charge >= 0.3 is 0 Å². The smallest absolute Gasteiger partial charge is 0.252 e. The monoisotopic (exact) mass is 407 g/mol. The van der Waals surface area contributed by atoms with E-state index in [1.165, 1.54) is 0 Å². The Morgan fingerprint density at radius 3 is 2.28 bits per heavy atom. The summed E-state index contributed by atoms with van der Waals surface area (Å²) in [4.78, 5) is 12.9. The molecule has 0 bridgehead atoms. The predicted octanol–water partition coefficient (Wildman–Crippen LogP) is 1.75. The number of carbonyl (C=O) groups excluding carboxylic acids is 1. The molecule has 3 heterocycles. The second-order valence-electron chi connectivity index (χ2n) is 8.48. The molecule has 8 nitrogen and oxygen atoms in total. The lowest BCUT2D eigenvalue weighted by Gasteiger charge is -2.36. The Kier molecular flexibility index (Phi) is 5.33. The van der Waals surface area contributed by atoms with Crippen molar-refractivity contribution in [2.45, 2.75) is 76.4 Å². The molecule has 1 aromatic carbocycles. The van der Waals surface area contributed by atoms with E-state index in [1.807, 2.05) is 52.0 Å². The second-order valence-corrected chi connectivity index (χ2v) is 8.48. The minimum atomic E-state index is -0.837. The summed E-state index contributed by atoms with van der Waals surface area (Å²) in [6, 6.07) is 7.75. The predicted molar refractivity (Wildman–Crippen MR) is 102 cm³/mol. The van der Waals surface area contributed by atoms with Gasteiger partial charge in [0.15, 0.2) is 24.0 Å². The molecule has 29 heavy (non-hydrogen) atoms. The van der Waals surface area contributed by atoms with Gasteiger partial charge in [-0.1, -0.05) is 12.1 Å². The van der Waals surface area contributed by atoms with Crippen molar-refractivity contribution in [2.75, 3.05) is 13.7 Å². The molecule has 0 saturated carbocycles. The topological polar surface area (TPSA) is 84.5 Å². The van der Waals surface area contributed by atoms with Crippen LogP contribution in [0.2, 0.25) is 0 Å². The van der Waals surface area contributed by atoms with Gasteiger partial charge in [-0.2, -0.15) is 0 Å². The van der Waals surface area contributed by atoms with Crippen LogP contribution in [0.4, 0.5) is 0 Å². The Labute approximate surface area is 170 Å². The van der Waals surface area contributed by atoms with Crippen molar-refractivity contribution in [3.05, 3.63) is 29.8 Å². The highest BCUT2D eigenvalue weighted by Gasteiger charge is 2.62. The molecule has 3 saturated heterocycles. The zero-order valence-electron chi connectivity index (χ0n) is 17.5. The first-order chi connectivity index (χ1) is 13.7. The maximum Gasteiger partial charge on any atom is 0.252 e. The lowest BCUT2D eigenvalue weighted by molar-refractivity contribution is -0.231. The third kappa shape index (κ3) is 4.27. The van der Waals surface area contributed by atoms with Crippen LogP contribution in [-0.2, 0) is 34.9 Å². The van der Waals surface area contributed by atoms with E-state index in [9.17, 15) is 4.79 Å². The molecule has 0 spiro atoms. The van der Waals surface area contributed by atoms with Crippen molar-refractivity contribution in [2.24, 2.45) is 0 Å². The van der Waals surface area contributed by atoms with Crippen LogP contribution >= 0.6 is 0 Å². The summed E-state index contributed by atoms with van der Waals surface area (Å²) in [5.74, 6) is -1.08. The van der Waals surface area contributed by atoms with Gasteiger partial charge < -0.3 is 33.7 Å². The van der Waals surface area contributed by atoms with Crippen LogP contribution in [-0.4, -0.2) is 61.8 Å². The summed E-state index contributed by atoms with van der Waals surface area (Å²) in [7, 11) is 1.63. The number of hydrogen-bond donors (Lipinski definition) is 1. The van der Waals surface area contributed by atoms with Crippen molar-refractivity contribution in [3.8, 4) is 5.75 Å². The molecule has 1 aromatic rings. The number of rotatable bonds is 5. The molecule has 0 aromatic heterocycles. The molecule has 3 fully saturated rings. The van der Waals surface area contributed by atoms with Crippen molar-refractivity contribution < 1.29 is 33.2 Å². The van der Waals surface area contributed by atoms with Crippen molar-refractivity contribution >= 4 is 5.91 Å². The molecular weight excluding hydrogens is 378 g/mol. The van der Waals surface area contributed by atoms with E-state index >= 15 is 0 Å². The fourth-order valence-electron chi connectivity index (χ4n) is 4.05. The lowest BCUT2D eigenvalue weighted by atomic mass is 9.98. The number of carbonyl (C=O) groups is 1. The maximum atomic E-state index is 12.9. The summed E-state index contributed by atoms with van der Waals surface area (Å²) in [6.07, 6.45) is -2.27. The summed E-state index contributed by atoms with van der Waals surface area (Å²) in [6.45, 7) is 7.74. The number of amides is 1. The summed E-state index contributed by atoms with van der Waals surface area (Å²) in [5, 5.41) is 2.94. The molecule has 1 amide bonds. The molecular formula is C21H29NO7. The molecule has 3 aliphatic heterocycles. The number of benzene rings is 1. The zero-order valence-corrected chi connectivity index (χ0v) is 17.5. The van der Waals surface area contributed by atoms with Gasteiger partial charge in [-0.15, -0.1) is 0 Å². The van der Waals surface area contributed by atoms with Gasteiger partial charge in [-0.25, -0.2) is 0 Å². The number of ether oxygens (including phenoxy) is 6. The fourth-order valence-corrected chi connectivity index (χ4v) is 4.05. The molecule has 0 radical (unpaired) electrons. The Balaban J connectivity index is 1.40. The van der Waals surface area contributed by atoms with E-state index in [1.54, 1.807) is 7.11 Å². The molecule has 4 rings (SSSR count). The largest absolute Gasteiger partial charge is 0.497 e. The molecule has 3 aliphatic rings. The minimum absolute atomic E-state index is 0.249. The van der Waals surface area contributed by atoms with Crippen LogP contribution in [0.3, 0.4) is 0 Å². The first-order valence-electron chi connectivity index (χ1n) is 9.95. The van der Waals surface area contributed by atoms with Gasteiger partial charge in [0.2, 0.25) is 0 Å². The van der Waals surface area contributed by atoms with Crippen LogP contribution in [0.1, 0.15) is 33.3 Å². The van der Waals surface area contributed by atoms with Crippen molar-refractivity contribution in [1.82, 2.24) is 5.32 Å². The van der Waals surface area contributed by atoms with Gasteiger partial charge in [0.1, 0.15) is 24.1 Å². The van der Waals surface area contributed by atoms with E-state index in [4.69, 9.17) is 28.4 Å². The van der Waals surface area contributed by atoms with Crippen LogP contribution in [0.25, 0.3) is 0 Å². The normalized spacial score (nSPS) is 34.3. The SMILES string of the molecule is COc1ccc(CCNC(=O)[C@@H]2O[C@@H]3OC(C)(C)O[C@@H]3[C@@H]3OC(C)(C)O[C@@H]32)cc1. The third-order valence-electron chi connectivity index (χ3n) is 5.29. The summed E-state index contributed by atoms with van der Waals surface area (Å²) < 4.78 is 34.9. The lowest BCUT2D eigenvalue weighted by Crippen LogP contribution is -2.59. The molecule has 0 unspecified atom stereocenters.